The van der Waals surface area contributed by atoms with Crippen LogP contribution < -0.4 is 9.64 Å². The number of carboxylic acid groups (broad SMARTS) is 1. The molecular weight excluding hydrogens is 907 g/mol. The smallest absolute Gasteiger partial charge is 0.355 e. The van der Waals surface area contributed by atoms with E-state index < -0.39 is 88.6 Å². The Kier molecular flexibility index (Phi) is 11.1. The van der Waals surface area contributed by atoms with Crippen molar-refractivity contribution in [3.05, 3.63) is 112 Å². The number of aromatic nitrogens is 2. The van der Waals surface area contributed by atoms with Gasteiger partial charge in [0.05, 0.1) is 18.6 Å². The largest absolute Gasteiger partial charge is 0.508 e. The van der Waals surface area contributed by atoms with E-state index in [-0.39, 0.29) is 72.5 Å². The second-order valence-electron chi connectivity index (χ2n) is 20.6. The van der Waals surface area contributed by atoms with Crippen molar-refractivity contribution in [1.82, 2.24) is 9.97 Å². The van der Waals surface area contributed by atoms with Crippen LogP contribution >= 0.6 is 0 Å². The van der Waals surface area contributed by atoms with E-state index in [2.05, 4.69) is 9.97 Å². The van der Waals surface area contributed by atoms with E-state index in [4.69, 9.17) is 9.47 Å². The molecule has 11 rings (SSSR count). The lowest BCUT2D eigenvalue weighted by atomic mass is 9.30. The standard InChI is InChI=1S/C52H57N3O15/c56-21-26-12-31-15-28-14-27-3-1-6-38(60)43(27)51(30(22-57)4-2-5-35(28)51)50(31)32(13-26)19-49(48(66)67)46(50)34-17-39(61)40(69-52(68)47(65)45(64)44(63)41(23-58)70-52)18-36(34)55(49)42(62)10-8-25-7-9-37(59)29(11-25)16-33-20-53-24-54-33/h1,3,6-11,17-20,24,26,28,30-31,35,41,44-47,56-61,63-65,68H,2,4-5,12-16,21-23H2,(H,53,54)(H,66,67). The summed E-state index contributed by atoms with van der Waals surface area (Å²) in [5.74, 6) is -9.25. The minimum Gasteiger partial charge on any atom is -0.508 e. The number of nitrogens with zero attached hydrogens (tertiary/aromatic N) is 2. The minimum atomic E-state index is -3.21. The number of aromatic hydroxyl groups is 3. The van der Waals surface area contributed by atoms with Gasteiger partial charge in [0.25, 0.3) is 5.91 Å². The van der Waals surface area contributed by atoms with E-state index in [9.17, 15) is 61.0 Å². The van der Waals surface area contributed by atoms with Gasteiger partial charge in [-0.1, -0.05) is 30.2 Å². The summed E-state index contributed by atoms with van der Waals surface area (Å²) < 4.78 is 11.2. The first-order chi connectivity index (χ1) is 33.6. The summed E-state index contributed by atoms with van der Waals surface area (Å²) in [6.07, 6.45) is 3.72. The number of carbonyl (C=O) groups is 2. The van der Waals surface area contributed by atoms with Crippen molar-refractivity contribution in [1.29, 1.82) is 0 Å². The summed E-state index contributed by atoms with van der Waals surface area (Å²) >= 11 is 0. The number of phenols is 3. The number of carbonyl (C=O) groups excluding carboxylic acids is 1. The highest BCUT2D eigenvalue weighted by atomic mass is 16.8. The number of H-pyrrole nitrogens is 1. The van der Waals surface area contributed by atoms with Crippen LogP contribution in [-0.4, -0.2) is 134 Å². The first-order valence-electron chi connectivity index (χ1n) is 24.0. The van der Waals surface area contributed by atoms with Gasteiger partial charge in [0.15, 0.2) is 23.1 Å². The molecule has 1 saturated heterocycles. The molecular formula is C52H57N3O15. The number of allylic oxidation sites excluding steroid dienone is 1. The van der Waals surface area contributed by atoms with E-state index in [0.717, 1.165) is 23.0 Å². The normalized spacial score (nSPS) is 36.8. The van der Waals surface area contributed by atoms with Crippen molar-refractivity contribution in [2.75, 3.05) is 24.7 Å². The third-order valence-corrected chi connectivity index (χ3v) is 17.5. The molecule has 2 bridgehead atoms. The maximum atomic E-state index is 15.5. The Morgan fingerprint density at radius 3 is 2.46 bits per heavy atom. The van der Waals surface area contributed by atoms with Gasteiger partial charge in [0.1, 0.15) is 29.8 Å². The molecule has 14 atom stereocenters. The number of rotatable bonds is 10. The van der Waals surface area contributed by atoms with E-state index in [1.54, 1.807) is 36.5 Å². The molecule has 370 valence electrons. The molecule has 1 amide bonds. The predicted molar refractivity (Wildman–Crippen MR) is 246 cm³/mol. The van der Waals surface area contributed by atoms with Crippen LogP contribution in [0.25, 0.3) is 6.08 Å². The van der Waals surface area contributed by atoms with Crippen LogP contribution in [0.4, 0.5) is 5.69 Å². The molecule has 18 heteroatoms. The molecule has 70 heavy (non-hydrogen) atoms. The number of phenolic OH excluding ortho intramolecular Hbond substituents is 3. The summed E-state index contributed by atoms with van der Waals surface area (Å²) in [5.41, 5.74) is -0.616. The van der Waals surface area contributed by atoms with Crippen LogP contribution in [0.1, 0.15) is 78.0 Å². The number of anilines is 1. The molecule has 3 saturated carbocycles. The van der Waals surface area contributed by atoms with Crippen LogP contribution in [0.15, 0.2) is 78.8 Å². The second-order valence-corrected chi connectivity index (χ2v) is 20.6. The number of benzene rings is 3. The van der Waals surface area contributed by atoms with Crippen molar-refractivity contribution in [2.45, 2.75) is 98.6 Å². The van der Waals surface area contributed by atoms with E-state index in [1.165, 1.54) is 30.6 Å². The summed E-state index contributed by atoms with van der Waals surface area (Å²) in [6.45, 7) is -1.42. The maximum Gasteiger partial charge on any atom is 0.355 e. The second kappa shape index (κ2) is 16.6. The molecule has 18 nitrogen and oxygen atoms in total. The number of ether oxygens (including phenoxy) is 2. The lowest BCUT2D eigenvalue weighted by Gasteiger charge is -2.73. The fourth-order valence-electron chi connectivity index (χ4n) is 15.3. The zero-order chi connectivity index (χ0) is 49.2. The summed E-state index contributed by atoms with van der Waals surface area (Å²) in [6, 6.07) is 12.5. The Hall–Kier alpha value is -5.83. The number of carboxylic acids is 1. The molecule has 2 aliphatic heterocycles. The Morgan fingerprint density at radius 2 is 1.73 bits per heavy atom. The van der Waals surface area contributed by atoms with Crippen molar-refractivity contribution in [3.63, 3.8) is 0 Å². The molecule has 12 N–H and O–H groups in total. The van der Waals surface area contributed by atoms with Crippen molar-refractivity contribution in [3.8, 4) is 23.0 Å². The topological polar surface area (TPSA) is 307 Å². The van der Waals surface area contributed by atoms with Crippen LogP contribution in [-0.2, 0) is 32.6 Å². The average Bonchev–Trinajstić information content (AvgIpc) is 4.04. The summed E-state index contributed by atoms with van der Waals surface area (Å²) in [5, 5.41) is 124. The molecule has 0 radical (unpaired) electrons. The summed E-state index contributed by atoms with van der Waals surface area (Å²) in [4.78, 5) is 38.6. The van der Waals surface area contributed by atoms with Crippen LogP contribution in [0.3, 0.4) is 0 Å². The Balaban J connectivity index is 1.15. The summed E-state index contributed by atoms with van der Waals surface area (Å²) in [7, 11) is 0. The zero-order valence-electron chi connectivity index (χ0n) is 38.0. The highest BCUT2D eigenvalue weighted by Gasteiger charge is 2.82. The monoisotopic (exact) mass is 963 g/mol. The van der Waals surface area contributed by atoms with Crippen LogP contribution in [0.2, 0.25) is 0 Å². The van der Waals surface area contributed by atoms with Gasteiger partial charge in [-0.25, -0.2) is 9.78 Å². The van der Waals surface area contributed by atoms with Gasteiger partial charge in [0.2, 0.25) is 0 Å². The highest BCUT2D eigenvalue weighted by Crippen LogP contribution is 2.83. The van der Waals surface area contributed by atoms with Crippen molar-refractivity contribution >= 4 is 23.6 Å². The van der Waals surface area contributed by atoms with Gasteiger partial charge in [-0.15, -0.1) is 0 Å². The SMILES string of the molecule is O=C(C=Cc1ccc(O)c(Cc2cnc[nH]2)c1)N1c2cc(OC3(O)OC(CO)C(O)C(O)C3O)c(O)cc2C2C1(C(=O)O)C=C1CC(CO)CC3CC4Cc5cccc(O)c5C5(C(CO)CCCC45)C132. The van der Waals surface area contributed by atoms with Gasteiger partial charge < -0.3 is 70.6 Å². The zero-order valence-corrected chi connectivity index (χ0v) is 38.0. The van der Waals surface area contributed by atoms with Crippen molar-refractivity contribution < 1.29 is 75.2 Å². The Labute approximate surface area is 401 Å². The highest BCUT2D eigenvalue weighted by molar-refractivity contribution is 6.13. The Bertz CT molecular complexity index is 2820. The number of hydrogen-bond acceptors (Lipinski definition) is 15. The quantitative estimate of drug-likeness (QED) is 0.0617. The van der Waals surface area contributed by atoms with E-state index >= 15 is 4.79 Å². The third kappa shape index (κ3) is 6.23. The first kappa shape index (κ1) is 46.5. The molecule has 14 unspecified atom stereocenters. The minimum absolute atomic E-state index is 0.00517. The molecule has 5 aliphatic carbocycles. The number of aromatic amines is 1. The first-order valence-corrected chi connectivity index (χ1v) is 24.0. The number of amides is 1. The van der Waals surface area contributed by atoms with Crippen LogP contribution in [0.5, 0.6) is 23.0 Å². The van der Waals surface area contributed by atoms with E-state index in [0.29, 0.717) is 60.1 Å². The van der Waals surface area contributed by atoms with Crippen molar-refractivity contribution in [2.24, 2.45) is 35.0 Å². The van der Waals surface area contributed by atoms with Gasteiger partial charge in [-0.2, -0.15) is 0 Å². The number of hydrogen-bond donors (Lipinski definition) is 12. The fourth-order valence-corrected chi connectivity index (χ4v) is 15.3. The number of aliphatic hydroxyl groups excluding tert-OH is 6. The van der Waals surface area contributed by atoms with E-state index in [1.807, 2.05) is 6.07 Å². The molecule has 1 spiro atoms. The van der Waals surface area contributed by atoms with Gasteiger partial charge in [-0.3, -0.25) is 9.69 Å². The van der Waals surface area contributed by atoms with Crippen LogP contribution in [0, 0.1) is 35.0 Å². The lowest BCUT2D eigenvalue weighted by molar-refractivity contribution is -0.422. The lowest BCUT2D eigenvalue weighted by Crippen LogP contribution is -2.71. The molecule has 3 heterocycles. The maximum absolute atomic E-state index is 15.5. The number of nitrogens with one attached hydrogen (secondary N) is 1. The average molecular weight is 964 g/mol. The molecule has 4 aromatic rings. The van der Waals surface area contributed by atoms with Gasteiger partial charge >= 0.3 is 11.9 Å². The third-order valence-electron chi connectivity index (χ3n) is 17.5. The molecule has 3 aromatic carbocycles. The molecule has 4 fully saturated rings. The number of aliphatic hydroxyl groups is 7. The van der Waals surface area contributed by atoms with Gasteiger partial charge in [0, 0.05) is 71.5 Å². The number of fused-ring (bicyclic) bond motifs is 4. The van der Waals surface area contributed by atoms with Gasteiger partial charge in [-0.05, 0) is 121 Å². The molecule has 7 aliphatic rings. The predicted octanol–water partition coefficient (Wildman–Crippen LogP) is 2.45. The number of imidazole rings is 1. The number of aliphatic carboxylic acids is 1. The fraction of sp³-hybridized carbons (Fsp3) is 0.481. The molecule has 1 aromatic heterocycles. The Morgan fingerprint density at radius 1 is 0.914 bits per heavy atom.